The number of rotatable bonds is 5. The third-order valence-electron chi connectivity index (χ3n) is 5.34. The summed E-state index contributed by atoms with van der Waals surface area (Å²) in [7, 11) is 0. The highest BCUT2D eigenvalue weighted by atomic mass is 19.4. The first-order valence-electron chi connectivity index (χ1n) is 10.9. The third-order valence-corrected chi connectivity index (χ3v) is 5.34. The van der Waals surface area contributed by atoms with Crippen molar-refractivity contribution < 1.29 is 22.5 Å². The highest BCUT2D eigenvalue weighted by Crippen LogP contribution is 2.29. The van der Waals surface area contributed by atoms with Crippen LogP contribution >= 0.6 is 0 Å². The molecule has 2 aromatic carbocycles. The van der Waals surface area contributed by atoms with Crippen molar-refractivity contribution in [1.82, 2.24) is 20.4 Å². The number of aryl methyl sites for hydroxylation is 1. The van der Waals surface area contributed by atoms with Crippen LogP contribution in [0.2, 0.25) is 0 Å². The molecule has 33 heavy (non-hydrogen) atoms. The van der Waals surface area contributed by atoms with Crippen LogP contribution in [0.25, 0.3) is 11.4 Å². The van der Waals surface area contributed by atoms with Gasteiger partial charge in [0, 0.05) is 36.8 Å². The molecule has 1 fully saturated rings. The van der Waals surface area contributed by atoms with Crippen LogP contribution in [0.1, 0.15) is 47.6 Å². The van der Waals surface area contributed by atoms with Gasteiger partial charge in [0.25, 0.3) is 5.91 Å². The highest BCUT2D eigenvalue weighted by molar-refractivity contribution is 5.94. The number of alkyl halides is 3. The zero-order chi connectivity index (χ0) is 24.0. The molecule has 4 rings (SSSR count). The second-order valence-electron chi connectivity index (χ2n) is 7.62. The largest absolute Gasteiger partial charge is 0.471 e. The van der Waals surface area contributed by atoms with Gasteiger partial charge in [-0.15, -0.1) is 0 Å². The number of carbonyl (C=O) groups excluding carboxylic acids is 1. The Hall–Kier alpha value is -3.20. The fraction of sp³-hybridized carbons (Fsp3) is 0.375. The van der Waals surface area contributed by atoms with Crippen LogP contribution in [0.15, 0.2) is 53.1 Å². The van der Waals surface area contributed by atoms with Crippen molar-refractivity contribution in [3.05, 3.63) is 71.1 Å². The zero-order valence-electron chi connectivity index (χ0n) is 18.8. The van der Waals surface area contributed by atoms with E-state index in [1.807, 2.05) is 26.0 Å². The van der Waals surface area contributed by atoms with Gasteiger partial charge in [0.15, 0.2) is 0 Å². The average molecular weight is 461 g/mol. The van der Waals surface area contributed by atoms with Crippen molar-refractivity contribution in [1.29, 1.82) is 0 Å². The number of likely N-dealkylation sites (tertiary alicyclic amines) is 1. The lowest BCUT2D eigenvalue weighted by atomic mass is 10.1. The van der Waals surface area contributed by atoms with E-state index in [2.05, 4.69) is 43.9 Å². The van der Waals surface area contributed by atoms with Crippen LogP contribution in [0.5, 0.6) is 0 Å². The Morgan fingerprint density at radius 1 is 1.15 bits per heavy atom. The average Bonchev–Trinajstić information content (AvgIpc) is 3.47. The van der Waals surface area contributed by atoms with E-state index < -0.39 is 12.1 Å². The van der Waals surface area contributed by atoms with Crippen molar-refractivity contribution >= 4 is 5.91 Å². The van der Waals surface area contributed by atoms with Crippen LogP contribution in [0.3, 0.4) is 0 Å². The van der Waals surface area contributed by atoms with Crippen LogP contribution in [0.4, 0.5) is 13.2 Å². The molecule has 9 heteroatoms. The molecule has 3 aromatic rings. The first-order chi connectivity index (χ1) is 15.8. The summed E-state index contributed by atoms with van der Waals surface area (Å²) in [5.41, 5.74) is 3.28. The number of hydrogen-bond acceptors (Lipinski definition) is 5. The molecule has 0 radical (unpaired) electrons. The van der Waals surface area contributed by atoms with Crippen LogP contribution < -0.4 is 5.32 Å². The molecule has 0 spiro atoms. The van der Waals surface area contributed by atoms with Gasteiger partial charge in [-0.2, -0.15) is 18.2 Å². The standard InChI is InChI=1S/C22H21F3N4O2.C2H6/c1-14-4-2-3-5-17(14)12-29-11-10-18(13-29)26-20(30)16-8-6-15(7-9-16)19-27-21(31-28-19)22(23,24)25;1-2/h2-9,18H,10-13H2,1H3,(H,26,30);1-2H3/t18-;/m0./s1. The Labute approximate surface area is 190 Å². The van der Waals surface area contributed by atoms with Crippen LogP contribution in [0, 0.1) is 6.92 Å². The number of benzene rings is 2. The SMILES string of the molecule is CC.Cc1ccccc1CN1CC[C@H](NC(=O)c2ccc(-c3noc(C(F)(F)F)n3)cc2)C1. The lowest BCUT2D eigenvalue weighted by Crippen LogP contribution is -2.37. The lowest BCUT2D eigenvalue weighted by molar-refractivity contribution is -0.159. The minimum Gasteiger partial charge on any atom is -0.348 e. The fourth-order valence-corrected chi connectivity index (χ4v) is 3.62. The Morgan fingerprint density at radius 3 is 2.48 bits per heavy atom. The van der Waals surface area contributed by atoms with Crippen LogP contribution in [-0.2, 0) is 12.7 Å². The molecule has 2 heterocycles. The summed E-state index contributed by atoms with van der Waals surface area (Å²) in [6, 6.07) is 14.4. The first-order valence-corrected chi connectivity index (χ1v) is 10.9. The number of nitrogens with zero attached hydrogens (tertiary/aromatic N) is 3. The molecule has 0 bridgehead atoms. The van der Waals surface area contributed by atoms with Gasteiger partial charge in [-0.1, -0.05) is 55.4 Å². The van der Waals surface area contributed by atoms with Gasteiger partial charge in [0.2, 0.25) is 5.82 Å². The fourth-order valence-electron chi connectivity index (χ4n) is 3.62. The normalized spacial score (nSPS) is 16.2. The van der Waals surface area contributed by atoms with Crippen LogP contribution in [-0.4, -0.2) is 40.1 Å². The monoisotopic (exact) mass is 460 g/mol. The van der Waals surface area contributed by atoms with E-state index in [1.54, 1.807) is 0 Å². The minimum absolute atomic E-state index is 0.0442. The van der Waals surface area contributed by atoms with E-state index in [1.165, 1.54) is 35.4 Å². The summed E-state index contributed by atoms with van der Waals surface area (Å²) in [6.45, 7) is 8.60. The maximum Gasteiger partial charge on any atom is 0.471 e. The van der Waals surface area contributed by atoms with Gasteiger partial charge in [-0.05, 0) is 36.6 Å². The highest BCUT2D eigenvalue weighted by Gasteiger charge is 2.38. The molecule has 0 aliphatic carbocycles. The van der Waals surface area contributed by atoms with Crippen molar-refractivity contribution in [2.75, 3.05) is 13.1 Å². The van der Waals surface area contributed by atoms with Crippen molar-refractivity contribution in [2.24, 2.45) is 0 Å². The second kappa shape index (κ2) is 10.6. The number of amides is 1. The molecule has 6 nitrogen and oxygen atoms in total. The van der Waals surface area contributed by atoms with Crippen molar-refractivity contribution in [3.63, 3.8) is 0 Å². The van der Waals surface area contributed by atoms with Gasteiger partial charge in [-0.3, -0.25) is 9.69 Å². The van der Waals surface area contributed by atoms with Gasteiger partial charge in [0.1, 0.15) is 0 Å². The summed E-state index contributed by atoms with van der Waals surface area (Å²) < 4.78 is 42.0. The summed E-state index contributed by atoms with van der Waals surface area (Å²) in [5, 5.41) is 6.38. The molecule has 1 aromatic heterocycles. The molecule has 1 N–H and O–H groups in total. The van der Waals surface area contributed by atoms with E-state index in [9.17, 15) is 18.0 Å². The Kier molecular flexibility index (Phi) is 7.86. The maximum atomic E-state index is 12.6. The topological polar surface area (TPSA) is 71.3 Å². The van der Waals surface area contributed by atoms with Gasteiger partial charge in [0.05, 0.1) is 0 Å². The van der Waals surface area contributed by atoms with E-state index in [-0.39, 0.29) is 17.8 Å². The molecule has 0 unspecified atom stereocenters. The number of hydrogen-bond donors (Lipinski definition) is 1. The van der Waals surface area contributed by atoms with E-state index in [0.29, 0.717) is 11.1 Å². The molecule has 1 atom stereocenters. The zero-order valence-corrected chi connectivity index (χ0v) is 18.8. The third kappa shape index (κ3) is 6.19. The second-order valence-corrected chi connectivity index (χ2v) is 7.62. The van der Waals surface area contributed by atoms with Gasteiger partial charge in [-0.25, -0.2) is 0 Å². The van der Waals surface area contributed by atoms with E-state index >= 15 is 0 Å². The molecule has 1 saturated heterocycles. The molecule has 1 aliphatic heterocycles. The molecule has 0 saturated carbocycles. The number of carbonyl (C=O) groups is 1. The van der Waals surface area contributed by atoms with Crippen molar-refractivity contribution in [3.8, 4) is 11.4 Å². The number of aromatic nitrogens is 2. The summed E-state index contributed by atoms with van der Waals surface area (Å²) in [6.07, 6.45) is -3.84. The van der Waals surface area contributed by atoms with E-state index in [0.717, 1.165) is 26.1 Å². The number of nitrogens with one attached hydrogen (secondary N) is 1. The van der Waals surface area contributed by atoms with E-state index in [4.69, 9.17) is 0 Å². The summed E-state index contributed by atoms with van der Waals surface area (Å²) >= 11 is 0. The molecule has 1 amide bonds. The van der Waals surface area contributed by atoms with Crippen molar-refractivity contribution in [2.45, 2.75) is 46.0 Å². The number of halogens is 3. The predicted molar refractivity (Wildman–Crippen MR) is 118 cm³/mol. The maximum absolute atomic E-state index is 12.6. The minimum atomic E-state index is -4.69. The summed E-state index contributed by atoms with van der Waals surface area (Å²) in [4.78, 5) is 18.2. The Bertz CT molecular complexity index is 1060. The Morgan fingerprint density at radius 2 is 1.85 bits per heavy atom. The molecular weight excluding hydrogens is 433 g/mol. The molecule has 1 aliphatic rings. The van der Waals surface area contributed by atoms with Gasteiger partial charge < -0.3 is 9.84 Å². The quantitative estimate of drug-likeness (QED) is 0.574. The molecule has 176 valence electrons. The first kappa shape index (κ1) is 24.4. The Balaban J connectivity index is 0.00000149. The lowest BCUT2D eigenvalue weighted by Gasteiger charge is -2.18. The van der Waals surface area contributed by atoms with Gasteiger partial charge >= 0.3 is 12.1 Å². The predicted octanol–water partition coefficient (Wildman–Crippen LogP) is 5.09. The summed E-state index contributed by atoms with van der Waals surface area (Å²) in [5.74, 6) is -1.80. The smallest absolute Gasteiger partial charge is 0.348 e. The molecular formula is C24H27F3N4O2.